The van der Waals surface area contributed by atoms with Gasteiger partial charge in [0.25, 0.3) is 0 Å². The summed E-state index contributed by atoms with van der Waals surface area (Å²) in [5.41, 5.74) is 1.23. The molecule has 3 aromatic rings. The molecule has 154 valence electrons. The summed E-state index contributed by atoms with van der Waals surface area (Å²) in [6.45, 7) is 0.414. The van der Waals surface area contributed by atoms with Crippen LogP contribution >= 0.6 is 11.3 Å². The first kappa shape index (κ1) is 19.7. The van der Waals surface area contributed by atoms with E-state index in [1.807, 2.05) is 0 Å². The van der Waals surface area contributed by atoms with Crippen LogP contribution in [0.4, 0.5) is 17.6 Å². The molecule has 0 saturated heterocycles. The Hall–Kier alpha value is -2.62. The number of carbonyl (C=O) groups excluding carboxylic acids is 1. The van der Waals surface area contributed by atoms with Gasteiger partial charge in [-0.1, -0.05) is 0 Å². The van der Waals surface area contributed by atoms with E-state index in [-0.39, 0.29) is 34.7 Å². The summed E-state index contributed by atoms with van der Waals surface area (Å²) in [4.78, 5) is 20.7. The molecule has 2 aromatic heterocycles. The van der Waals surface area contributed by atoms with Crippen molar-refractivity contribution in [2.75, 3.05) is 6.61 Å². The van der Waals surface area contributed by atoms with E-state index in [9.17, 15) is 22.4 Å². The highest BCUT2D eigenvalue weighted by Crippen LogP contribution is 2.47. The molecular weight excluding hydrogens is 410 g/mol. The van der Waals surface area contributed by atoms with Crippen LogP contribution in [-0.2, 0) is 4.79 Å². The third-order valence-corrected chi connectivity index (χ3v) is 5.89. The summed E-state index contributed by atoms with van der Waals surface area (Å²) in [5.74, 6) is -0.172. The average molecular weight is 427 g/mol. The molecular formula is C19H17F4N3O2S. The number of nitrogens with one attached hydrogen (secondary N) is 2. The molecule has 0 aliphatic heterocycles. The lowest BCUT2D eigenvalue weighted by molar-refractivity contribution is -0.152. The van der Waals surface area contributed by atoms with Gasteiger partial charge in [-0.3, -0.25) is 4.79 Å². The molecule has 5 nitrogen and oxygen atoms in total. The van der Waals surface area contributed by atoms with Crippen LogP contribution in [0.5, 0.6) is 5.06 Å². The Bertz CT molecular complexity index is 1050. The van der Waals surface area contributed by atoms with Crippen LogP contribution < -0.4 is 10.1 Å². The van der Waals surface area contributed by atoms with Crippen molar-refractivity contribution >= 4 is 28.3 Å². The minimum atomic E-state index is -4.40. The Balaban J connectivity index is 1.34. The van der Waals surface area contributed by atoms with Gasteiger partial charge >= 0.3 is 6.18 Å². The fraction of sp³-hybridized carbons (Fsp3) is 0.368. The lowest BCUT2D eigenvalue weighted by atomic mass is 10.2. The van der Waals surface area contributed by atoms with Gasteiger partial charge in [0.2, 0.25) is 5.91 Å². The Labute approximate surface area is 167 Å². The normalized spacial score (nSPS) is 19.9. The number of benzene rings is 1. The maximum atomic E-state index is 13.3. The van der Waals surface area contributed by atoms with Crippen LogP contribution in [0.25, 0.3) is 11.0 Å². The molecule has 1 aliphatic rings. The number of H-pyrrole nitrogens is 1. The molecule has 2 heterocycles. The second-order valence-corrected chi connectivity index (χ2v) is 8.10. The van der Waals surface area contributed by atoms with Crippen LogP contribution in [0.2, 0.25) is 0 Å². The minimum Gasteiger partial charge on any atom is -0.475 e. The fourth-order valence-corrected chi connectivity index (χ4v) is 4.01. The van der Waals surface area contributed by atoms with E-state index in [0.717, 1.165) is 11.3 Å². The van der Waals surface area contributed by atoms with Gasteiger partial charge in [0.15, 0.2) is 11.7 Å². The summed E-state index contributed by atoms with van der Waals surface area (Å²) < 4.78 is 54.7. The first-order valence-corrected chi connectivity index (χ1v) is 9.76. The number of hydrogen-bond donors (Lipinski definition) is 2. The SMILES string of the molecule is C[C@@H](NC(=O)[C@H]1C[C@@H]1c1nc2ccc(F)cc2[nH]1)c1ccc(OCC(F)(F)F)s1. The zero-order valence-electron chi connectivity index (χ0n) is 15.2. The number of rotatable bonds is 6. The first-order valence-electron chi connectivity index (χ1n) is 8.94. The highest BCUT2D eigenvalue weighted by atomic mass is 32.1. The highest BCUT2D eigenvalue weighted by Gasteiger charge is 2.46. The number of aromatic amines is 1. The van der Waals surface area contributed by atoms with Gasteiger partial charge in [-0.25, -0.2) is 9.37 Å². The van der Waals surface area contributed by atoms with E-state index >= 15 is 0 Å². The van der Waals surface area contributed by atoms with Crippen LogP contribution in [0, 0.1) is 11.7 Å². The zero-order valence-corrected chi connectivity index (χ0v) is 16.0. The van der Waals surface area contributed by atoms with Crippen LogP contribution in [-0.4, -0.2) is 28.7 Å². The molecule has 2 N–H and O–H groups in total. The predicted octanol–water partition coefficient (Wildman–Crippen LogP) is 4.69. The lowest BCUT2D eigenvalue weighted by Gasteiger charge is -2.12. The van der Waals surface area contributed by atoms with Gasteiger partial charge in [-0.15, -0.1) is 11.3 Å². The fourth-order valence-electron chi connectivity index (χ4n) is 3.15. The quantitative estimate of drug-likeness (QED) is 0.561. The number of carbonyl (C=O) groups is 1. The summed E-state index contributed by atoms with van der Waals surface area (Å²) in [7, 11) is 0. The summed E-state index contributed by atoms with van der Waals surface area (Å²) in [5, 5.41) is 3.03. The molecule has 0 unspecified atom stereocenters. The summed E-state index contributed by atoms with van der Waals surface area (Å²) >= 11 is 1.07. The van der Waals surface area contributed by atoms with Crippen molar-refractivity contribution in [3.63, 3.8) is 0 Å². The molecule has 0 radical (unpaired) electrons. The van der Waals surface area contributed by atoms with Gasteiger partial charge in [-0.05, 0) is 43.7 Å². The van der Waals surface area contributed by atoms with Crippen molar-refractivity contribution in [1.82, 2.24) is 15.3 Å². The second-order valence-electron chi connectivity index (χ2n) is 7.02. The van der Waals surface area contributed by atoms with Gasteiger partial charge in [-0.2, -0.15) is 13.2 Å². The number of halogens is 4. The molecule has 10 heteroatoms. The number of fused-ring (bicyclic) bond motifs is 1. The van der Waals surface area contributed by atoms with E-state index in [0.29, 0.717) is 28.2 Å². The minimum absolute atomic E-state index is 0.0633. The molecule has 1 saturated carbocycles. The number of imidazole rings is 1. The predicted molar refractivity (Wildman–Crippen MR) is 99.3 cm³/mol. The zero-order chi connectivity index (χ0) is 20.8. The first-order chi connectivity index (χ1) is 13.7. The number of alkyl halides is 3. The van der Waals surface area contributed by atoms with E-state index < -0.39 is 12.8 Å². The molecule has 0 spiro atoms. The smallest absolute Gasteiger partial charge is 0.422 e. The van der Waals surface area contributed by atoms with Crippen molar-refractivity contribution in [2.24, 2.45) is 5.92 Å². The molecule has 1 fully saturated rings. The molecule has 1 aliphatic carbocycles. The van der Waals surface area contributed by atoms with Crippen molar-refractivity contribution in [1.29, 1.82) is 0 Å². The second kappa shape index (κ2) is 7.33. The Morgan fingerprint density at radius 3 is 2.93 bits per heavy atom. The molecule has 0 bridgehead atoms. The van der Waals surface area contributed by atoms with Gasteiger partial charge in [0.05, 0.1) is 17.1 Å². The van der Waals surface area contributed by atoms with Crippen molar-refractivity contribution in [3.8, 4) is 5.06 Å². The third-order valence-electron chi connectivity index (χ3n) is 4.71. The Morgan fingerprint density at radius 2 is 2.17 bits per heavy atom. The molecule has 1 aromatic carbocycles. The van der Waals surface area contributed by atoms with E-state index in [2.05, 4.69) is 15.3 Å². The monoisotopic (exact) mass is 427 g/mol. The van der Waals surface area contributed by atoms with E-state index in [4.69, 9.17) is 4.74 Å². The lowest BCUT2D eigenvalue weighted by Crippen LogP contribution is -2.28. The van der Waals surface area contributed by atoms with Gasteiger partial charge in [0, 0.05) is 16.7 Å². The largest absolute Gasteiger partial charge is 0.475 e. The number of ether oxygens (including phenoxy) is 1. The molecule has 3 atom stereocenters. The van der Waals surface area contributed by atoms with Crippen LogP contribution in [0.15, 0.2) is 30.3 Å². The molecule has 4 rings (SSSR count). The van der Waals surface area contributed by atoms with Crippen LogP contribution in [0.3, 0.4) is 0 Å². The maximum absolute atomic E-state index is 13.3. The number of hydrogen-bond acceptors (Lipinski definition) is 4. The van der Waals surface area contributed by atoms with Crippen LogP contribution in [0.1, 0.15) is 36.0 Å². The van der Waals surface area contributed by atoms with Gasteiger partial charge < -0.3 is 15.0 Å². The molecule has 1 amide bonds. The topological polar surface area (TPSA) is 67.0 Å². The maximum Gasteiger partial charge on any atom is 0.422 e. The summed E-state index contributed by atoms with van der Waals surface area (Å²) in [6, 6.07) is 7.02. The average Bonchev–Trinajstić information content (AvgIpc) is 3.11. The highest BCUT2D eigenvalue weighted by molar-refractivity contribution is 7.13. The number of aromatic nitrogens is 2. The number of nitrogens with zero attached hydrogens (tertiary/aromatic N) is 1. The van der Waals surface area contributed by atoms with E-state index in [1.54, 1.807) is 19.1 Å². The number of thiophene rings is 1. The van der Waals surface area contributed by atoms with E-state index in [1.165, 1.54) is 18.2 Å². The van der Waals surface area contributed by atoms with Crippen molar-refractivity contribution in [2.45, 2.75) is 31.5 Å². The van der Waals surface area contributed by atoms with Crippen molar-refractivity contribution < 1.29 is 27.1 Å². The van der Waals surface area contributed by atoms with Crippen molar-refractivity contribution in [3.05, 3.63) is 46.9 Å². The standard InChI is InChI=1S/C19H17F4N3O2S/c1-9(15-4-5-16(29-15)28-8-19(21,22)23)24-18(27)12-7-11(12)17-25-13-3-2-10(20)6-14(13)26-17/h2-6,9,11-12H,7-8H2,1H3,(H,24,27)(H,25,26)/t9-,11+,12+/m1/s1. The number of amides is 1. The Kier molecular flexibility index (Phi) is 4.97. The third kappa shape index (κ3) is 4.52. The summed E-state index contributed by atoms with van der Waals surface area (Å²) in [6.07, 6.45) is -3.77. The molecule has 29 heavy (non-hydrogen) atoms. The van der Waals surface area contributed by atoms with Gasteiger partial charge in [0.1, 0.15) is 11.6 Å². The Morgan fingerprint density at radius 1 is 1.38 bits per heavy atom.